The number of amides is 3. The molecule has 15 heteroatoms. The van der Waals surface area contributed by atoms with E-state index < -0.39 is 107 Å². The van der Waals surface area contributed by atoms with E-state index in [2.05, 4.69) is 10.6 Å². The summed E-state index contributed by atoms with van der Waals surface area (Å²) in [7, 11) is 1.29. The predicted octanol–water partition coefficient (Wildman–Crippen LogP) is 2.48. The summed E-state index contributed by atoms with van der Waals surface area (Å²) < 4.78 is 76.8. The van der Waals surface area contributed by atoms with E-state index in [-0.39, 0.29) is 11.5 Å². The summed E-state index contributed by atoms with van der Waals surface area (Å²) in [4.78, 5) is 54.7. The van der Waals surface area contributed by atoms with Crippen molar-refractivity contribution in [3.63, 3.8) is 0 Å². The van der Waals surface area contributed by atoms with Crippen LogP contribution in [0.2, 0.25) is 0 Å². The van der Waals surface area contributed by atoms with Gasteiger partial charge in [-0.05, 0) is 37.8 Å². The number of aliphatic hydroxyl groups excluding tert-OH is 1. The van der Waals surface area contributed by atoms with Crippen molar-refractivity contribution in [2.45, 2.75) is 69.9 Å². The number of nitrogens with zero attached hydrogens (tertiary/aromatic N) is 1. The molecule has 0 spiro atoms. The summed E-state index contributed by atoms with van der Waals surface area (Å²) in [6, 6.07) is 0.523. The number of phenols is 1. The minimum absolute atomic E-state index is 0.265. The van der Waals surface area contributed by atoms with Crippen molar-refractivity contribution < 1.29 is 56.1 Å². The number of aliphatic hydroxyl groups is 1. The number of likely N-dealkylation sites (N-methyl/N-ethyl adjacent to an activating group) is 1. The van der Waals surface area contributed by atoms with Crippen LogP contribution in [-0.4, -0.2) is 76.2 Å². The normalized spacial score (nSPS) is 26.7. The third kappa shape index (κ3) is 6.58. The maximum Gasteiger partial charge on any atom is 0.329 e. The van der Waals surface area contributed by atoms with Gasteiger partial charge in [0.25, 0.3) is 5.91 Å². The molecule has 4 rings (SSSR count). The van der Waals surface area contributed by atoms with Crippen molar-refractivity contribution in [2.75, 3.05) is 7.05 Å². The highest BCUT2D eigenvalue weighted by molar-refractivity contribution is 6.00. The van der Waals surface area contributed by atoms with Crippen LogP contribution in [0.25, 0.3) is 0 Å². The van der Waals surface area contributed by atoms with Crippen LogP contribution in [0, 0.1) is 40.9 Å². The Morgan fingerprint density at radius 1 is 1.00 bits per heavy atom. The van der Waals surface area contributed by atoms with Gasteiger partial charge in [-0.15, -0.1) is 0 Å². The molecular formula is C30H32F5N3O7. The molecule has 1 saturated carbocycles. The zero-order valence-electron chi connectivity index (χ0n) is 24.5. The molecule has 244 valence electrons. The lowest BCUT2D eigenvalue weighted by atomic mass is 9.78. The number of para-hydroxylation sites is 1. The van der Waals surface area contributed by atoms with Crippen molar-refractivity contribution in [1.29, 1.82) is 0 Å². The van der Waals surface area contributed by atoms with Crippen molar-refractivity contribution in [2.24, 2.45) is 11.8 Å². The van der Waals surface area contributed by atoms with Crippen LogP contribution in [0.1, 0.15) is 49.0 Å². The van der Waals surface area contributed by atoms with Crippen LogP contribution in [0.4, 0.5) is 22.0 Å². The van der Waals surface area contributed by atoms with Crippen LogP contribution >= 0.6 is 0 Å². The molecule has 2 fully saturated rings. The van der Waals surface area contributed by atoms with E-state index in [0.717, 1.165) is 11.3 Å². The fourth-order valence-electron chi connectivity index (χ4n) is 5.56. The number of hydrogen-bond donors (Lipinski definition) is 4. The Balaban J connectivity index is 1.78. The standard InChI is InChI=1S/C30H32F5N3O7/c1-12-26(40)17(11-16-19(31)21(33)23(35)22(34)20(16)32)36-28(42)24(37-27(41)15-9-4-5-10-18(15)39)13(2)45-30(44)25(14-7-6-8-14)38(3)29(12)43/h4-5,9-10,12-14,17,24-26,39-40H,6-8,11H2,1-3H3,(H,36,42)(H,37,41)/t12-,13-,17+,24+,25?,26+/m1/s1. The molecule has 1 aliphatic heterocycles. The monoisotopic (exact) mass is 641 g/mol. The predicted molar refractivity (Wildman–Crippen MR) is 146 cm³/mol. The summed E-state index contributed by atoms with van der Waals surface area (Å²) in [5.41, 5.74) is -1.63. The lowest BCUT2D eigenvalue weighted by Gasteiger charge is -2.41. The Morgan fingerprint density at radius 2 is 1.58 bits per heavy atom. The fourth-order valence-corrected chi connectivity index (χ4v) is 5.56. The second-order valence-corrected chi connectivity index (χ2v) is 11.3. The third-order valence-electron chi connectivity index (χ3n) is 8.46. The van der Waals surface area contributed by atoms with Gasteiger partial charge >= 0.3 is 5.97 Å². The SMILES string of the molecule is C[C@H]1OC(=O)C(C2CCC2)N(C)C(=O)[C@H](C)[C@H](O)[C@H](Cc2c(F)c(F)c(F)c(F)c2F)NC(=O)[C@H]1NC(=O)c1ccccc1O. The minimum Gasteiger partial charge on any atom is -0.507 e. The summed E-state index contributed by atoms with van der Waals surface area (Å²) >= 11 is 0. The van der Waals surface area contributed by atoms with Gasteiger partial charge in [0, 0.05) is 19.0 Å². The first-order valence-corrected chi connectivity index (χ1v) is 14.2. The highest BCUT2D eigenvalue weighted by Crippen LogP contribution is 2.34. The maximum absolute atomic E-state index is 14.7. The van der Waals surface area contributed by atoms with E-state index >= 15 is 0 Å². The number of rotatable bonds is 5. The Morgan fingerprint density at radius 3 is 2.13 bits per heavy atom. The van der Waals surface area contributed by atoms with E-state index in [1.54, 1.807) is 0 Å². The van der Waals surface area contributed by atoms with E-state index in [1.165, 1.54) is 45.2 Å². The second kappa shape index (κ2) is 13.4. The topological polar surface area (TPSA) is 145 Å². The van der Waals surface area contributed by atoms with Gasteiger partial charge in [-0.2, -0.15) is 0 Å². The average molecular weight is 642 g/mol. The molecule has 2 aromatic rings. The van der Waals surface area contributed by atoms with Gasteiger partial charge in [-0.1, -0.05) is 25.5 Å². The lowest BCUT2D eigenvalue weighted by molar-refractivity contribution is -0.166. The Hall–Kier alpha value is -4.27. The number of carbonyl (C=O) groups is 4. The molecule has 1 aliphatic carbocycles. The van der Waals surface area contributed by atoms with E-state index in [1.807, 2.05) is 0 Å². The highest BCUT2D eigenvalue weighted by Gasteiger charge is 2.45. The van der Waals surface area contributed by atoms with Gasteiger partial charge in [-0.3, -0.25) is 14.4 Å². The first-order valence-electron chi connectivity index (χ1n) is 14.2. The number of hydrogen-bond acceptors (Lipinski definition) is 7. The van der Waals surface area contributed by atoms with Gasteiger partial charge in [0.15, 0.2) is 23.3 Å². The van der Waals surface area contributed by atoms with E-state index in [9.17, 15) is 51.3 Å². The first kappa shape index (κ1) is 33.6. The summed E-state index contributed by atoms with van der Waals surface area (Å²) in [6.45, 7) is 2.45. The van der Waals surface area contributed by atoms with Crippen LogP contribution < -0.4 is 10.6 Å². The van der Waals surface area contributed by atoms with E-state index in [4.69, 9.17) is 4.74 Å². The average Bonchev–Trinajstić information content (AvgIpc) is 2.98. The number of esters is 1. The zero-order valence-corrected chi connectivity index (χ0v) is 24.5. The minimum atomic E-state index is -2.41. The number of carbonyl (C=O) groups excluding carboxylic acids is 4. The van der Waals surface area contributed by atoms with Crippen molar-refractivity contribution in [3.8, 4) is 5.75 Å². The molecule has 0 aromatic heterocycles. The first-order chi connectivity index (χ1) is 21.1. The van der Waals surface area contributed by atoms with Gasteiger partial charge in [0.05, 0.1) is 23.6 Å². The summed E-state index contributed by atoms with van der Waals surface area (Å²) in [5, 5.41) is 26.0. The number of halogens is 5. The molecular weight excluding hydrogens is 609 g/mol. The molecule has 0 bridgehead atoms. The number of aromatic hydroxyl groups is 1. The molecule has 1 heterocycles. The van der Waals surface area contributed by atoms with Crippen molar-refractivity contribution in [1.82, 2.24) is 15.5 Å². The smallest absolute Gasteiger partial charge is 0.329 e. The molecule has 6 atom stereocenters. The molecule has 1 unspecified atom stereocenters. The molecule has 2 aliphatic rings. The molecule has 0 radical (unpaired) electrons. The molecule has 45 heavy (non-hydrogen) atoms. The number of cyclic esters (lactones) is 1. The van der Waals surface area contributed by atoms with E-state index in [0.29, 0.717) is 12.8 Å². The molecule has 10 nitrogen and oxygen atoms in total. The number of nitrogens with one attached hydrogen (secondary N) is 2. The summed E-state index contributed by atoms with van der Waals surface area (Å²) in [6.07, 6.45) is -2.74. The van der Waals surface area contributed by atoms with Crippen molar-refractivity contribution in [3.05, 3.63) is 64.5 Å². The highest BCUT2D eigenvalue weighted by atomic mass is 19.2. The maximum atomic E-state index is 14.7. The Kier molecular flexibility index (Phi) is 10.00. The number of ether oxygens (including phenoxy) is 1. The lowest BCUT2D eigenvalue weighted by Crippen LogP contribution is -2.61. The number of benzene rings is 2. The van der Waals surface area contributed by atoms with Crippen molar-refractivity contribution >= 4 is 23.7 Å². The van der Waals surface area contributed by atoms with Crippen LogP contribution in [-0.2, 0) is 25.5 Å². The van der Waals surface area contributed by atoms with Crippen LogP contribution in [0.5, 0.6) is 5.75 Å². The van der Waals surface area contributed by atoms with Gasteiger partial charge < -0.3 is 30.5 Å². The zero-order chi connectivity index (χ0) is 33.3. The van der Waals surface area contributed by atoms with Gasteiger partial charge in [-0.25, -0.2) is 26.7 Å². The fraction of sp³-hybridized carbons (Fsp3) is 0.467. The Bertz CT molecular complexity index is 1480. The van der Waals surface area contributed by atoms with Gasteiger partial charge in [0.1, 0.15) is 23.9 Å². The number of phenolic OH excluding ortho intramolecular Hbond substituents is 1. The largest absolute Gasteiger partial charge is 0.507 e. The Labute approximate surface area is 254 Å². The van der Waals surface area contributed by atoms with Crippen LogP contribution in [0.3, 0.4) is 0 Å². The molecule has 1 saturated heterocycles. The summed E-state index contributed by atoms with van der Waals surface area (Å²) in [5.74, 6) is -17.5. The third-order valence-corrected chi connectivity index (χ3v) is 8.46. The van der Waals surface area contributed by atoms with Gasteiger partial charge in [0.2, 0.25) is 17.6 Å². The quantitative estimate of drug-likeness (QED) is 0.170. The second-order valence-electron chi connectivity index (χ2n) is 11.3. The van der Waals surface area contributed by atoms with Crippen LogP contribution in [0.15, 0.2) is 24.3 Å². The molecule has 3 amide bonds. The molecule has 4 N–H and O–H groups in total. The molecule has 2 aromatic carbocycles.